The van der Waals surface area contributed by atoms with Crippen LogP contribution in [0.15, 0.2) is 47.4 Å². The molecule has 2 aromatic carbocycles. The smallest absolute Gasteiger partial charge is 0.237 e. The summed E-state index contributed by atoms with van der Waals surface area (Å²) in [5.41, 5.74) is 7.48. The Labute approximate surface area is 124 Å². The highest BCUT2D eigenvalue weighted by Crippen LogP contribution is 2.18. The quantitative estimate of drug-likeness (QED) is 0.852. The molecule has 6 heteroatoms. The number of carbonyl (C=O) groups is 1. The normalized spacial score (nSPS) is 11.9. The van der Waals surface area contributed by atoms with Crippen molar-refractivity contribution in [3.63, 3.8) is 0 Å². The predicted octanol–water partition coefficient (Wildman–Crippen LogP) is 2.46. The molecule has 0 heterocycles. The Bertz CT molecular complexity index is 704. The van der Waals surface area contributed by atoms with Crippen LogP contribution < -0.4 is 11.1 Å². The van der Waals surface area contributed by atoms with E-state index >= 15 is 0 Å². The average Bonchev–Trinajstić information content (AvgIpc) is 2.38. The summed E-state index contributed by atoms with van der Waals surface area (Å²) in [5.74, 6) is -1.14. The van der Waals surface area contributed by atoms with E-state index in [2.05, 4.69) is 5.32 Å². The van der Waals surface area contributed by atoms with E-state index < -0.39 is 22.5 Å². The third kappa shape index (κ3) is 4.13. The minimum absolute atomic E-state index is 0.232. The van der Waals surface area contributed by atoms with Crippen LogP contribution >= 0.6 is 0 Å². The van der Waals surface area contributed by atoms with Crippen molar-refractivity contribution < 1.29 is 13.4 Å². The van der Waals surface area contributed by atoms with Crippen molar-refractivity contribution in [2.45, 2.75) is 11.8 Å². The molecule has 0 aliphatic heterocycles. The number of amides is 1. The first-order valence-corrected chi connectivity index (χ1v) is 7.57. The average molecular weight is 306 g/mol. The van der Waals surface area contributed by atoms with Crippen molar-refractivity contribution >= 4 is 28.1 Å². The number of nitrogens with two attached hydrogens (primary N) is 1. The molecule has 110 valence electrons. The van der Waals surface area contributed by atoms with Gasteiger partial charge in [0.15, 0.2) is 0 Å². The van der Waals surface area contributed by atoms with E-state index in [1.54, 1.807) is 24.3 Å². The number of hydrogen-bond acceptors (Lipinski definition) is 3. The topological polar surface area (TPSA) is 72.2 Å². The van der Waals surface area contributed by atoms with E-state index in [0.29, 0.717) is 16.3 Å². The molecule has 0 fully saturated rings. The molecule has 1 unspecified atom stereocenters. The first-order chi connectivity index (χ1) is 9.95. The summed E-state index contributed by atoms with van der Waals surface area (Å²) < 4.78 is 25.1. The molecular formula is C15H15FN2O2S. The van der Waals surface area contributed by atoms with Crippen LogP contribution in [0.2, 0.25) is 0 Å². The van der Waals surface area contributed by atoms with Crippen LogP contribution in [0.4, 0.5) is 15.8 Å². The molecule has 1 amide bonds. The van der Waals surface area contributed by atoms with Crippen LogP contribution in [0.1, 0.15) is 5.56 Å². The van der Waals surface area contributed by atoms with E-state index in [-0.39, 0.29) is 5.75 Å². The SMILES string of the molecule is Cc1ccc(S(=O)CC(=O)Nc2cccc(F)c2)c(N)c1. The van der Waals surface area contributed by atoms with Crippen LogP contribution in [-0.4, -0.2) is 15.9 Å². The maximum Gasteiger partial charge on any atom is 0.237 e. The van der Waals surface area contributed by atoms with Crippen molar-refractivity contribution in [2.24, 2.45) is 0 Å². The number of hydrogen-bond donors (Lipinski definition) is 2. The Morgan fingerprint density at radius 3 is 2.71 bits per heavy atom. The second-order valence-electron chi connectivity index (χ2n) is 4.59. The van der Waals surface area contributed by atoms with E-state index in [0.717, 1.165) is 5.56 Å². The van der Waals surface area contributed by atoms with Gasteiger partial charge in [-0.3, -0.25) is 9.00 Å². The first-order valence-electron chi connectivity index (χ1n) is 6.25. The zero-order valence-corrected chi connectivity index (χ0v) is 12.2. The van der Waals surface area contributed by atoms with Crippen LogP contribution in [0, 0.1) is 12.7 Å². The largest absolute Gasteiger partial charge is 0.398 e. The lowest BCUT2D eigenvalue weighted by molar-refractivity contribution is -0.113. The lowest BCUT2D eigenvalue weighted by atomic mass is 10.2. The van der Waals surface area contributed by atoms with Gasteiger partial charge in [-0.15, -0.1) is 0 Å². The standard InChI is InChI=1S/C15H15FN2O2S/c1-10-5-6-14(13(17)7-10)21(20)9-15(19)18-12-4-2-3-11(16)8-12/h2-8H,9,17H2,1H3,(H,18,19). The molecule has 1 atom stereocenters. The van der Waals surface area contributed by atoms with Gasteiger partial charge in [-0.1, -0.05) is 12.1 Å². The van der Waals surface area contributed by atoms with Crippen molar-refractivity contribution in [1.29, 1.82) is 0 Å². The fourth-order valence-corrected chi connectivity index (χ4v) is 2.84. The third-order valence-corrected chi connectivity index (χ3v) is 4.17. The van der Waals surface area contributed by atoms with E-state index in [4.69, 9.17) is 5.73 Å². The van der Waals surface area contributed by atoms with Gasteiger partial charge in [0.05, 0.1) is 15.7 Å². The van der Waals surface area contributed by atoms with Crippen LogP contribution in [0.5, 0.6) is 0 Å². The fourth-order valence-electron chi connectivity index (χ4n) is 1.84. The van der Waals surface area contributed by atoms with E-state index in [1.807, 2.05) is 6.92 Å². The van der Waals surface area contributed by atoms with Crippen molar-refractivity contribution in [3.8, 4) is 0 Å². The molecule has 4 nitrogen and oxygen atoms in total. The van der Waals surface area contributed by atoms with Crippen LogP contribution in [0.3, 0.4) is 0 Å². The fraction of sp³-hybridized carbons (Fsp3) is 0.133. The third-order valence-electron chi connectivity index (χ3n) is 2.78. The molecule has 0 saturated heterocycles. The van der Waals surface area contributed by atoms with Gasteiger partial charge in [-0.05, 0) is 42.8 Å². The maximum atomic E-state index is 13.0. The minimum atomic E-state index is -1.54. The van der Waals surface area contributed by atoms with Crippen molar-refractivity contribution in [3.05, 3.63) is 53.8 Å². The second kappa shape index (κ2) is 6.49. The summed E-state index contributed by atoms with van der Waals surface area (Å²) in [7, 11) is -1.54. The highest BCUT2D eigenvalue weighted by atomic mass is 32.2. The minimum Gasteiger partial charge on any atom is -0.398 e. The Morgan fingerprint density at radius 1 is 1.29 bits per heavy atom. The molecule has 0 aliphatic carbocycles. The number of carbonyl (C=O) groups excluding carboxylic acids is 1. The number of nitrogens with one attached hydrogen (secondary N) is 1. The number of rotatable bonds is 4. The Balaban J connectivity index is 2.04. The Kier molecular flexibility index (Phi) is 4.70. The second-order valence-corrected chi connectivity index (χ2v) is 6.01. The molecule has 0 aromatic heterocycles. The van der Waals surface area contributed by atoms with Gasteiger partial charge in [0.1, 0.15) is 11.6 Å². The summed E-state index contributed by atoms with van der Waals surface area (Å²) in [4.78, 5) is 12.2. The van der Waals surface area contributed by atoms with Gasteiger partial charge in [0.2, 0.25) is 5.91 Å². The number of aryl methyl sites for hydroxylation is 1. The lowest BCUT2D eigenvalue weighted by Crippen LogP contribution is -2.20. The summed E-state index contributed by atoms with van der Waals surface area (Å²) in [6, 6.07) is 10.7. The van der Waals surface area contributed by atoms with Gasteiger partial charge >= 0.3 is 0 Å². The molecule has 0 saturated carbocycles. The zero-order chi connectivity index (χ0) is 15.4. The van der Waals surface area contributed by atoms with Crippen LogP contribution in [0.25, 0.3) is 0 Å². The number of benzene rings is 2. The number of anilines is 2. The summed E-state index contributed by atoms with van der Waals surface area (Å²) >= 11 is 0. The summed E-state index contributed by atoms with van der Waals surface area (Å²) in [6.45, 7) is 1.87. The van der Waals surface area contributed by atoms with Gasteiger partial charge < -0.3 is 11.1 Å². The molecular weight excluding hydrogens is 291 g/mol. The number of halogens is 1. The Morgan fingerprint density at radius 2 is 2.05 bits per heavy atom. The molecule has 0 spiro atoms. The molecule has 2 rings (SSSR count). The lowest BCUT2D eigenvalue weighted by Gasteiger charge is -2.08. The maximum absolute atomic E-state index is 13.0. The number of nitrogen functional groups attached to an aromatic ring is 1. The summed E-state index contributed by atoms with van der Waals surface area (Å²) in [5, 5.41) is 2.50. The molecule has 2 aromatic rings. The predicted molar refractivity (Wildman–Crippen MR) is 81.9 cm³/mol. The van der Waals surface area contributed by atoms with Crippen molar-refractivity contribution in [1.82, 2.24) is 0 Å². The van der Waals surface area contributed by atoms with Crippen LogP contribution in [-0.2, 0) is 15.6 Å². The molecule has 0 radical (unpaired) electrons. The van der Waals surface area contributed by atoms with Gasteiger partial charge in [-0.25, -0.2) is 4.39 Å². The highest BCUT2D eigenvalue weighted by molar-refractivity contribution is 7.86. The molecule has 0 bridgehead atoms. The monoisotopic (exact) mass is 306 g/mol. The zero-order valence-electron chi connectivity index (χ0n) is 11.4. The highest BCUT2D eigenvalue weighted by Gasteiger charge is 2.13. The van der Waals surface area contributed by atoms with Gasteiger partial charge in [0.25, 0.3) is 0 Å². The van der Waals surface area contributed by atoms with Gasteiger partial charge in [-0.2, -0.15) is 0 Å². The summed E-state index contributed by atoms with van der Waals surface area (Å²) in [6.07, 6.45) is 0. The Hall–Kier alpha value is -2.21. The van der Waals surface area contributed by atoms with Crippen molar-refractivity contribution in [2.75, 3.05) is 16.8 Å². The van der Waals surface area contributed by atoms with Gasteiger partial charge in [0, 0.05) is 11.4 Å². The molecule has 21 heavy (non-hydrogen) atoms. The van der Waals surface area contributed by atoms with E-state index in [1.165, 1.54) is 18.2 Å². The first kappa shape index (κ1) is 15.2. The molecule has 0 aliphatic rings. The van der Waals surface area contributed by atoms with E-state index in [9.17, 15) is 13.4 Å². The molecule has 3 N–H and O–H groups in total.